The van der Waals surface area contributed by atoms with Crippen LogP contribution in [-0.2, 0) is 9.53 Å². The molecule has 0 aromatic heterocycles. The highest BCUT2D eigenvalue weighted by Gasteiger charge is 2.23. The van der Waals surface area contributed by atoms with E-state index in [0.717, 1.165) is 45.4 Å². The normalized spacial score (nSPS) is 19.7. The van der Waals surface area contributed by atoms with Crippen molar-refractivity contribution in [2.75, 3.05) is 26.2 Å². The van der Waals surface area contributed by atoms with Gasteiger partial charge < -0.3 is 15.4 Å². The number of carbonyl (C=O) groups is 1. The average Bonchev–Trinajstić information content (AvgIpc) is 2.86. The highest BCUT2D eigenvalue weighted by atomic mass is 16.5. The van der Waals surface area contributed by atoms with Crippen LogP contribution in [0.4, 0.5) is 0 Å². The molecule has 1 aliphatic heterocycles. The van der Waals surface area contributed by atoms with Crippen molar-refractivity contribution in [3.8, 4) is 0 Å². The van der Waals surface area contributed by atoms with Gasteiger partial charge in [0.25, 0.3) is 0 Å². The summed E-state index contributed by atoms with van der Waals surface area (Å²) in [6, 6.07) is 0. The molecule has 1 unspecified atom stereocenters. The molecule has 4 nitrogen and oxygen atoms in total. The van der Waals surface area contributed by atoms with Crippen LogP contribution in [0, 0.1) is 5.41 Å². The zero-order chi connectivity index (χ0) is 14.3. The Bertz CT molecular complexity index is 273. The van der Waals surface area contributed by atoms with Gasteiger partial charge in [0.15, 0.2) is 0 Å². The van der Waals surface area contributed by atoms with Gasteiger partial charge in [0.2, 0.25) is 5.91 Å². The Hall–Kier alpha value is -0.610. The third-order valence-electron chi connectivity index (χ3n) is 4.02. The first-order chi connectivity index (χ1) is 8.98. The molecule has 19 heavy (non-hydrogen) atoms. The lowest BCUT2D eigenvalue weighted by Gasteiger charge is -2.27. The minimum absolute atomic E-state index is 0.160. The molecule has 1 amide bonds. The fourth-order valence-corrected chi connectivity index (χ4v) is 2.56. The number of likely N-dealkylation sites (N-methyl/N-ethyl adjacent to an activating group) is 1. The Labute approximate surface area is 117 Å². The Kier molecular flexibility index (Phi) is 6.80. The molecular weight excluding hydrogens is 240 g/mol. The lowest BCUT2D eigenvalue weighted by Crippen LogP contribution is -2.37. The minimum Gasteiger partial charge on any atom is -0.376 e. The van der Waals surface area contributed by atoms with Crippen LogP contribution in [-0.4, -0.2) is 43.2 Å². The molecule has 0 aromatic carbocycles. The summed E-state index contributed by atoms with van der Waals surface area (Å²) in [6.07, 6.45) is 4.96. The predicted octanol–water partition coefficient (Wildman–Crippen LogP) is 2.17. The maximum atomic E-state index is 12.3. The van der Waals surface area contributed by atoms with E-state index in [-0.39, 0.29) is 17.4 Å². The standard InChI is InChI=1S/C15H30N2O2/c1-4-17(12-13-6-5-11-19-13)14(18)7-8-15(2,3)9-10-16/h13H,4-12,16H2,1-3H3. The molecule has 0 radical (unpaired) electrons. The van der Waals surface area contributed by atoms with Crippen LogP contribution in [0.5, 0.6) is 0 Å². The molecule has 1 fully saturated rings. The van der Waals surface area contributed by atoms with Crippen molar-refractivity contribution >= 4 is 5.91 Å². The molecule has 2 N–H and O–H groups in total. The van der Waals surface area contributed by atoms with Crippen LogP contribution in [0.3, 0.4) is 0 Å². The van der Waals surface area contributed by atoms with Gasteiger partial charge in [-0.15, -0.1) is 0 Å². The third kappa shape index (κ3) is 5.91. The van der Waals surface area contributed by atoms with E-state index in [9.17, 15) is 4.79 Å². The van der Waals surface area contributed by atoms with Crippen molar-refractivity contribution in [1.29, 1.82) is 0 Å². The molecule has 0 aromatic rings. The summed E-state index contributed by atoms with van der Waals surface area (Å²) >= 11 is 0. The van der Waals surface area contributed by atoms with Crippen LogP contribution in [0.15, 0.2) is 0 Å². The van der Waals surface area contributed by atoms with E-state index in [2.05, 4.69) is 13.8 Å². The Morgan fingerprint density at radius 2 is 2.16 bits per heavy atom. The minimum atomic E-state index is 0.160. The van der Waals surface area contributed by atoms with Crippen LogP contribution in [0.1, 0.15) is 52.9 Å². The van der Waals surface area contributed by atoms with Crippen LogP contribution < -0.4 is 5.73 Å². The number of carbonyl (C=O) groups excluding carboxylic acids is 1. The molecular formula is C15H30N2O2. The van der Waals surface area contributed by atoms with Crippen molar-refractivity contribution in [1.82, 2.24) is 4.90 Å². The summed E-state index contributed by atoms with van der Waals surface area (Å²) in [4.78, 5) is 14.2. The number of rotatable bonds is 8. The van der Waals surface area contributed by atoms with Gasteiger partial charge in [-0.2, -0.15) is 0 Å². The molecule has 112 valence electrons. The van der Waals surface area contributed by atoms with E-state index in [0.29, 0.717) is 13.0 Å². The van der Waals surface area contributed by atoms with E-state index in [1.54, 1.807) is 0 Å². The van der Waals surface area contributed by atoms with E-state index in [1.807, 2.05) is 11.8 Å². The van der Waals surface area contributed by atoms with Crippen LogP contribution in [0.2, 0.25) is 0 Å². The summed E-state index contributed by atoms with van der Waals surface area (Å²) < 4.78 is 5.61. The van der Waals surface area contributed by atoms with Gasteiger partial charge in [-0.3, -0.25) is 4.79 Å². The van der Waals surface area contributed by atoms with Gasteiger partial charge >= 0.3 is 0 Å². The van der Waals surface area contributed by atoms with Crippen molar-refractivity contribution in [2.24, 2.45) is 11.1 Å². The van der Waals surface area contributed by atoms with Crippen LogP contribution >= 0.6 is 0 Å². The number of hydrogen-bond donors (Lipinski definition) is 1. The Morgan fingerprint density at radius 1 is 1.42 bits per heavy atom. The molecule has 0 saturated carbocycles. The zero-order valence-electron chi connectivity index (χ0n) is 12.8. The summed E-state index contributed by atoms with van der Waals surface area (Å²) in [7, 11) is 0. The molecule has 1 saturated heterocycles. The van der Waals surface area contributed by atoms with Gasteiger partial charge in [-0.1, -0.05) is 13.8 Å². The van der Waals surface area contributed by atoms with Crippen molar-refractivity contribution in [3.05, 3.63) is 0 Å². The van der Waals surface area contributed by atoms with E-state index < -0.39 is 0 Å². The lowest BCUT2D eigenvalue weighted by molar-refractivity contribution is -0.133. The second-order valence-electron chi connectivity index (χ2n) is 6.27. The molecule has 4 heteroatoms. The summed E-state index contributed by atoms with van der Waals surface area (Å²) in [5, 5.41) is 0. The quantitative estimate of drug-likeness (QED) is 0.735. The number of nitrogens with two attached hydrogens (primary N) is 1. The zero-order valence-corrected chi connectivity index (χ0v) is 12.8. The number of hydrogen-bond acceptors (Lipinski definition) is 3. The fourth-order valence-electron chi connectivity index (χ4n) is 2.56. The molecule has 0 aliphatic carbocycles. The first-order valence-corrected chi connectivity index (χ1v) is 7.58. The van der Waals surface area contributed by atoms with E-state index in [1.165, 1.54) is 0 Å². The first-order valence-electron chi connectivity index (χ1n) is 7.58. The van der Waals surface area contributed by atoms with Gasteiger partial charge in [-0.25, -0.2) is 0 Å². The summed E-state index contributed by atoms with van der Waals surface area (Å²) in [5.41, 5.74) is 5.76. The molecule has 1 aliphatic rings. The Morgan fingerprint density at radius 3 is 2.68 bits per heavy atom. The SMILES string of the molecule is CCN(CC1CCCO1)C(=O)CCC(C)(C)CCN. The smallest absolute Gasteiger partial charge is 0.222 e. The third-order valence-corrected chi connectivity index (χ3v) is 4.02. The maximum Gasteiger partial charge on any atom is 0.222 e. The van der Waals surface area contributed by atoms with E-state index >= 15 is 0 Å². The molecule has 1 heterocycles. The van der Waals surface area contributed by atoms with Gasteiger partial charge in [-0.05, 0) is 44.6 Å². The topological polar surface area (TPSA) is 55.6 Å². The van der Waals surface area contributed by atoms with Gasteiger partial charge in [0.1, 0.15) is 0 Å². The summed E-state index contributed by atoms with van der Waals surface area (Å²) in [6.45, 7) is 9.47. The number of amides is 1. The molecule has 1 atom stereocenters. The second-order valence-corrected chi connectivity index (χ2v) is 6.27. The van der Waals surface area contributed by atoms with Crippen molar-refractivity contribution in [2.45, 2.75) is 59.0 Å². The molecule has 0 spiro atoms. The highest BCUT2D eigenvalue weighted by molar-refractivity contribution is 5.76. The highest BCUT2D eigenvalue weighted by Crippen LogP contribution is 2.26. The average molecular weight is 270 g/mol. The summed E-state index contributed by atoms with van der Waals surface area (Å²) in [5.74, 6) is 0.253. The van der Waals surface area contributed by atoms with Gasteiger partial charge in [0, 0.05) is 26.1 Å². The fraction of sp³-hybridized carbons (Fsp3) is 0.933. The van der Waals surface area contributed by atoms with E-state index in [4.69, 9.17) is 10.5 Å². The largest absolute Gasteiger partial charge is 0.376 e. The Balaban J connectivity index is 2.36. The monoisotopic (exact) mass is 270 g/mol. The molecule has 0 bridgehead atoms. The number of ether oxygens (including phenoxy) is 1. The first kappa shape index (κ1) is 16.4. The molecule has 1 rings (SSSR count). The van der Waals surface area contributed by atoms with Crippen LogP contribution in [0.25, 0.3) is 0 Å². The maximum absolute atomic E-state index is 12.3. The van der Waals surface area contributed by atoms with Crippen molar-refractivity contribution in [3.63, 3.8) is 0 Å². The lowest BCUT2D eigenvalue weighted by atomic mass is 9.84. The second kappa shape index (κ2) is 7.85. The van der Waals surface area contributed by atoms with Gasteiger partial charge in [0.05, 0.1) is 6.10 Å². The number of nitrogens with zero attached hydrogens (tertiary/aromatic N) is 1. The van der Waals surface area contributed by atoms with Crippen molar-refractivity contribution < 1.29 is 9.53 Å². The predicted molar refractivity (Wildman–Crippen MR) is 77.9 cm³/mol.